The molecule has 2 unspecified atom stereocenters. The van der Waals surface area contributed by atoms with Crippen LogP contribution in [0.15, 0.2) is 67.3 Å². The maximum Gasteiger partial charge on any atom is 0.240 e. The van der Waals surface area contributed by atoms with Crippen LogP contribution in [0.2, 0.25) is 0 Å². The summed E-state index contributed by atoms with van der Waals surface area (Å²) in [6.45, 7) is 19.7. The van der Waals surface area contributed by atoms with E-state index < -0.39 is 0 Å². The fraction of sp³-hybridized carbons (Fsp3) is 0.444. The van der Waals surface area contributed by atoms with Crippen LogP contribution in [-0.2, 0) is 42.3 Å². The molecule has 7 N–H and O–H groups in total. The number of carbonyl (C=O) groups is 1. The summed E-state index contributed by atoms with van der Waals surface area (Å²) < 4.78 is 8.29. The third kappa shape index (κ3) is 10.2. The molecule has 54 heavy (non-hydrogen) atoms. The molecule has 4 aromatic rings. The first-order valence-electron chi connectivity index (χ1n) is 18.9. The molecule has 0 saturated heterocycles. The van der Waals surface area contributed by atoms with E-state index in [0.29, 0.717) is 38.6 Å². The lowest BCUT2D eigenvalue weighted by atomic mass is 9.84. The van der Waals surface area contributed by atoms with Crippen LogP contribution in [0.25, 0.3) is 33.3 Å². The van der Waals surface area contributed by atoms with Gasteiger partial charge < -0.3 is 29.7 Å². The van der Waals surface area contributed by atoms with Crippen LogP contribution < -0.4 is 17.0 Å². The van der Waals surface area contributed by atoms with Crippen LogP contribution in [0.3, 0.4) is 0 Å². The number of hydrogen-bond acceptors (Lipinski definition) is 7. The van der Waals surface area contributed by atoms with Crippen LogP contribution in [0, 0.1) is 30.1 Å². The number of phenolic OH excluding ortho intramolecular Hbond substituents is 1. The number of ether oxygens (including phenoxy) is 1. The van der Waals surface area contributed by atoms with E-state index in [1.807, 2.05) is 24.1 Å². The number of likely N-dealkylation sites (N-methyl/N-ethyl adjacent to an activating group) is 1. The lowest BCUT2D eigenvalue weighted by molar-refractivity contribution is -0.135. The van der Waals surface area contributed by atoms with Crippen molar-refractivity contribution in [3.63, 3.8) is 0 Å². The highest BCUT2D eigenvalue weighted by Gasteiger charge is 2.29. The summed E-state index contributed by atoms with van der Waals surface area (Å²) in [5, 5.41) is 25.8. The number of nitrogens with zero attached hydrogens (tertiary/aromatic N) is 2. The minimum atomic E-state index is -0.328. The molecule has 5 rings (SSSR count). The topological polar surface area (TPSA) is 139 Å². The van der Waals surface area contributed by atoms with Gasteiger partial charge in [-0.1, -0.05) is 65.0 Å². The lowest BCUT2D eigenvalue weighted by Gasteiger charge is -2.30. The summed E-state index contributed by atoms with van der Waals surface area (Å²) in [4.78, 5) is 15.8. The molecule has 0 bridgehead atoms. The fourth-order valence-corrected chi connectivity index (χ4v) is 7.46. The van der Waals surface area contributed by atoms with Gasteiger partial charge in [0.25, 0.3) is 0 Å². The smallest absolute Gasteiger partial charge is 0.240 e. The van der Waals surface area contributed by atoms with E-state index in [1.165, 1.54) is 27.9 Å². The number of hydrogen-bond donors (Lipinski definition) is 5. The summed E-state index contributed by atoms with van der Waals surface area (Å²) in [5.41, 5.74) is 9.64. The van der Waals surface area contributed by atoms with Crippen LogP contribution in [0.1, 0.15) is 76.6 Å². The standard InChI is InChI=1S/C43H57N3O4.C2H2.H4N2/c1-9-29(5)13-12-18-45(42(49)40(44-8)28(3)4)24-30-19-33(21-34(48)20-30)31-16-17-39-36(22-31)37(23-43(6,7)27-47)41(46(39)10-2)35-15-11-14-32-25-50-26-38(32)35;2*1-2/h9,11,14-17,19-22,28-29,40,44,47-48H,1,10,12-13,18,23-27H2,2-8H3;1-2H;1-2H2. The molecule has 1 aliphatic rings. The van der Waals surface area contributed by atoms with Crippen LogP contribution in [0.5, 0.6) is 5.75 Å². The number of aryl methyl sites for hydroxylation is 1. The number of terminal acetylenes is 1. The zero-order chi connectivity index (χ0) is 40.2. The van der Waals surface area contributed by atoms with E-state index in [1.54, 1.807) is 6.07 Å². The minimum absolute atomic E-state index is 0.0717. The molecule has 0 fully saturated rings. The fourth-order valence-electron chi connectivity index (χ4n) is 7.46. The van der Waals surface area contributed by atoms with Crippen molar-refractivity contribution in [1.82, 2.24) is 14.8 Å². The molecule has 0 aliphatic carbocycles. The predicted molar refractivity (Wildman–Crippen MR) is 223 cm³/mol. The van der Waals surface area contributed by atoms with E-state index in [-0.39, 0.29) is 35.6 Å². The molecular weight excluding hydrogens is 675 g/mol. The largest absolute Gasteiger partial charge is 0.508 e. The first-order chi connectivity index (χ1) is 25.9. The number of aliphatic hydroxyl groups is 1. The Morgan fingerprint density at radius 3 is 2.44 bits per heavy atom. The van der Waals surface area contributed by atoms with Gasteiger partial charge >= 0.3 is 0 Å². The number of aliphatic hydroxyl groups excluding tert-OH is 1. The Hall–Kier alpha value is -4.43. The second-order valence-electron chi connectivity index (χ2n) is 15.3. The Balaban J connectivity index is 0.00000190. The van der Waals surface area contributed by atoms with Crippen LogP contribution in [-0.4, -0.2) is 51.8 Å². The number of amides is 1. The highest BCUT2D eigenvalue weighted by atomic mass is 16.5. The second kappa shape index (κ2) is 20.3. The summed E-state index contributed by atoms with van der Waals surface area (Å²) >= 11 is 0. The van der Waals surface area contributed by atoms with Crippen molar-refractivity contribution in [2.24, 2.45) is 28.9 Å². The van der Waals surface area contributed by atoms with Crippen molar-refractivity contribution < 1.29 is 19.7 Å². The van der Waals surface area contributed by atoms with Crippen molar-refractivity contribution in [1.29, 1.82) is 0 Å². The molecule has 1 aliphatic heterocycles. The van der Waals surface area contributed by atoms with E-state index >= 15 is 0 Å². The number of allylic oxidation sites excluding steroid dienone is 1. The molecular formula is C45H63N5O4. The van der Waals surface area contributed by atoms with Crippen LogP contribution in [0.4, 0.5) is 0 Å². The Kier molecular flexibility index (Phi) is 16.5. The molecule has 2 atom stereocenters. The Morgan fingerprint density at radius 2 is 1.81 bits per heavy atom. The van der Waals surface area contributed by atoms with Crippen molar-refractivity contribution in [2.75, 3.05) is 20.2 Å². The normalized spacial score (nSPS) is 13.4. The van der Waals surface area contributed by atoms with Gasteiger partial charge in [0.2, 0.25) is 5.91 Å². The molecule has 0 saturated carbocycles. The summed E-state index contributed by atoms with van der Waals surface area (Å²) in [6, 6.07) is 18.4. The van der Waals surface area contributed by atoms with Gasteiger partial charge in [0.05, 0.1) is 24.9 Å². The molecule has 9 heteroatoms. The number of fused-ring (bicyclic) bond motifs is 2. The summed E-state index contributed by atoms with van der Waals surface area (Å²) in [5.74, 6) is 8.77. The highest BCUT2D eigenvalue weighted by molar-refractivity contribution is 5.95. The molecule has 1 aromatic heterocycles. The average molecular weight is 738 g/mol. The molecule has 0 radical (unpaired) electrons. The van der Waals surface area contributed by atoms with Crippen molar-refractivity contribution in [2.45, 2.75) is 93.2 Å². The SMILES string of the molecule is C#C.C=CC(C)CCCN(Cc1cc(O)cc(-c2ccc3c(c2)c(CC(C)(C)CO)c(-c2cccc4c2COC4)n3CC)c1)C(=O)C(NC)C(C)C.NN. The monoisotopic (exact) mass is 737 g/mol. The zero-order valence-electron chi connectivity index (χ0n) is 33.5. The maximum atomic E-state index is 13.8. The van der Waals surface area contributed by atoms with Crippen molar-refractivity contribution in [3.8, 4) is 41.0 Å². The number of carbonyl (C=O) groups excluding carboxylic acids is 1. The summed E-state index contributed by atoms with van der Waals surface area (Å²) in [6.07, 6.45) is 12.5. The van der Waals surface area contributed by atoms with Crippen molar-refractivity contribution in [3.05, 3.63) is 89.5 Å². The zero-order valence-corrected chi connectivity index (χ0v) is 33.5. The van der Waals surface area contributed by atoms with Gasteiger partial charge in [-0.25, -0.2) is 0 Å². The van der Waals surface area contributed by atoms with Gasteiger partial charge in [0.1, 0.15) is 5.75 Å². The first kappa shape index (κ1) is 44.0. The third-order valence-corrected chi connectivity index (χ3v) is 10.3. The summed E-state index contributed by atoms with van der Waals surface area (Å²) in [7, 11) is 1.84. The Labute approximate surface area is 323 Å². The van der Waals surface area contributed by atoms with Crippen molar-refractivity contribution >= 4 is 16.8 Å². The molecule has 0 spiro atoms. The number of hydrazine groups is 1. The van der Waals surface area contributed by atoms with Gasteiger partial charge in [-0.05, 0) is 114 Å². The molecule has 3 aromatic carbocycles. The third-order valence-electron chi connectivity index (χ3n) is 10.3. The van der Waals surface area contributed by atoms with E-state index in [4.69, 9.17) is 4.74 Å². The molecule has 292 valence electrons. The number of rotatable bonds is 16. The van der Waals surface area contributed by atoms with E-state index in [0.717, 1.165) is 47.0 Å². The predicted octanol–water partition coefficient (Wildman–Crippen LogP) is 7.54. The number of aromatic hydroxyl groups is 1. The molecule has 2 heterocycles. The first-order valence-corrected chi connectivity index (χ1v) is 18.9. The number of aromatic nitrogens is 1. The second-order valence-corrected chi connectivity index (χ2v) is 15.3. The average Bonchev–Trinajstić information content (AvgIpc) is 3.78. The van der Waals surface area contributed by atoms with E-state index in [9.17, 15) is 15.0 Å². The quantitative estimate of drug-likeness (QED) is 0.0347. The van der Waals surface area contributed by atoms with Gasteiger partial charge in [0.15, 0.2) is 0 Å². The number of phenols is 1. The van der Waals surface area contributed by atoms with Gasteiger partial charge in [-0.15, -0.1) is 19.4 Å². The molecule has 1 amide bonds. The van der Waals surface area contributed by atoms with Crippen LogP contribution >= 0.6 is 0 Å². The lowest BCUT2D eigenvalue weighted by Crippen LogP contribution is -2.48. The Morgan fingerprint density at radius 1 is 1.09 bits per heavy atom. The maximum absolute atomic E-state index is 13.8. The van der Waals surface area contributed by atoms with Gasteiger partial charge in [-0.2, -0.15) is 0 Å². The number of nitrogens with one attached hydrogen (secondary N) is 1. The van der Waals surface area contributed by atoms with Gasteiger partial charge in [0, 0.05) is 42.7 Å². The minimum Gasteiger partial charge on any atom is -0.508 e. The number of nitrogens with two attached hydrogens (primary N) is 2. The van der Waals surface area contributed by atoms with Gasteiger partial charge in [-0.3, -0.25) is 16.5 Å². The highest BCUT2D eigenvalue weighted by Crippen LogP contribution is 2.42. The number of benzene rings is 3. The Bertz CT molecular complexity index is 1870. The van der Waals surface area contributed by atoms with E-state index in [2.05, 4.69) is 125 Å². The molecule has 9 nitrogen and oxygen atoms in total.